The van der Waals surface area contributed by atoms with Gasteiger partial charge in [0.25, 0.3) is 6.43 Å². The van der Waals surface area contributed by atoms with Crippen LogP contribution in [0.2, 0.25) is 0 Å². The van der Waals surface area contributed by atoms with Gasteiger partial charge in [-0.05, 0) is 37.9 Å². The molecule has 0 aliphatic rings. The highest BCUT2D eigenvalue weighted by molar-refractivity contribution is 6.23. The molecule has 4 rings (SSSR count). The predicted molar refractivity (Wildman–Crippen MR) is 83.1 cm³/mol. The van der Waals surface area contributed by atoms with E-state index in [2.05, 4.69) is 6.07 Å². The van der Waals surface area contributed by atoms with Crippen LogP contribution in [0.3, 0.4) is 0 Å². The Morgan fingerprint density at radius 1 is 0.714 bits per heavy atom. The second-order valence-corrected chi connectivity index (χ2v) is 5.37. The Kier molecular flexibility index (Phi) is 2.59. The summed E-state index contributed by atoms with van der Waals surface area (Å²) in [5.74, 6) is 0. The van der Waals surface area contributed by atoms with Crippen LogP contribution in [0, 0.1) is 0 Å². The maximum absolute atomic E-state index is 13.0. The number of alkyl halides is 2. The Balaban J connectivity index is 2.20. The molecule has 0 saturated heterocycles. The first kappa shape index (κ1) is 12.5. The quantitative estimate of drug-likeness (QED) is 0.522. The minimum absolute atomic E-state index is 0.510. The molecule has 0 fully saturated rings. The Morgan fingerprint density at radius 2 is 1.29 bits per heavy atom. The molecule has 0 aromatic heterocycles. The van der Waals surface area contributed by atoms with Crippen molar-refractivity contribution in [2.75, 3.05) is 0 Å². The molecule has 0 heterocycles. The first-order valence-electron chi connectivity index (χ1n) is 6.87. The molecule has 1 atom stereocenters. The average molecular weight is 281 g/mol. The molecule has 0 aliphatic heterocycles. The zero-order valence-electron chi connectivity index (χ0n) is 11.2. The highest BCUT2D eigenvalue weighted by atomic mass is 19.3. The van der Waals surface area contributed by atoms with Crippen molar-refractivity contribution in [3.05, 3.63) is 60.2 Å². The fraction of sp³-hybridized carbons (Fsp3) is 0.111. The molecule has 1 nitrogen and oxygen atoms in total. The van der Waals surface area contributed by atoms with Crippen LogP contribution in [0.15, 0.2) is 54.6 Å². The van der Waals surface area contributed by atoms with Crippen LogP contribution in [0.4, 0.5) is 8.78 Å². The summed E-state index contributed by atoms with van der Waals surface area (Å²) in [5, 5.41) is 6.26. The van der Waals surface area contributed by atoms with Crippen LogP contribution in [0.25, 0.3) is 32.3 Å². The molecule has 0 saturated carbocycles. The number of hydrogen-bond donors (Lipinski definition) is 1. The second kappa shape index (κ2) is 4.37. The molecular weight excluding hydrogens is 268 g/mol. The largest absolute Gasteiger partial charge is 0.319 e. The summed E-state index contributed by atoms with van der Waals surface area (Å²) in [6, 6.07) is 16.4. The van der Waals surface area contributed by atoms with E-state index in [0.29, 0.717) is 5.56 Å². The molecule has 0 bridgehead atoms. The van der Waals surface area contributed by atoms with Crippen molar-refractivity contribution < 1.29 is 8.78 Å². The topological polar surface area (TPSA) is 26.0 Å². The van der Waals surface area contributed by atoms with Crippen LogP contribution in [0.1, 0.15) is 11.6 Å². The monoisotopic (exact) mass is 281 g/mol. The third-order valence-corrected chi connectivity index (χ3v) is 4.19. The zero-order valence-corrected chi connectivity index (χ0v) is 11.2. The van der Waals surface area contributed by atoms with Gasteiger partial charge in [0.1, 0.15) is 0 Å². The van der Waals surface area contributed by atoms with Gasteiger partial charge in [-0.25, -0.2) is 8.78 Å². The number of rotatable bonds is 2. The molecule has 0 unspecified atom stereocenters. The Labute approximate surface area is 120 Å². The smallest absolute Gasteiger partial charge is 0.257 e. The van der Waals surface area contributed by atoms with Crippen molar-refractivity contribution >= 4 is 32.3 Å². The third kappa shape index (κ3) is 1.71. The number of benzene rings is 4. The van der Waals surface area contributed by atoms with Crippen LogP contribution >= 0.6 is 0 Å². The Hall–Kier alpha value is -2.26. The Bertz CT molecular complexity index is 930. The fourth-order valence-electron chi connectivity index (χ4n) is 3.18. The van der Waals surface area contributed by atoms with Gasteiger partial charge in [0.05, 0.1) is 6.04 Å². The van der Waals surface area contributed by atoms with Gasteiger partial charge in [-0.1, -0.05) is 54.6 Å². The van der Waals surface area contributed by atoms with Crippen LogP contribution in [-0.4, -0.2) is 6.43 Å². The SMILES string of the molecule is N[C@@H](c1ccc2ccc3cccc4ccc1c2c34)C(F)F. The lowest BCUT2D eigenvalue weighted by Crippen LogP contribution is -2.19. The number of hydrogen-bond acceptors (Lipinski definition) is 1. The van der Waals surface area contributed by atoms with Gasteiger partial charge in [-0.2, -0.15) is 0 Å². The van der Waals surface area contributed by atoms with E-state index in [-0.39, 0.29) is 0 Å². The molecule has 21 heavy (non-hydrogen) atoms. The van der Waals surface area contributed by atoms with Gasteiger partial charge in [0.2, 0.25) is 0 Å². The van der Waals surface area contributed by atoms with Crippen LogP contribution in [-0.2, 0) is 0 Å². The lowest BCUT2D eigenvalue weighted by Gasteiger charge is -2.17. The van der Waals surface area contributed by atoms with E-state index < -0.39 is 12.5 Å². The van der Waals surface area contributed by atoms with Crippen LogP contribution < -0.4 is 5.73 Å². The summed E-state index contributed by atoms with van der Waals surface area (Å²) in [6.45, 7) is 0. The van der Waals surface area contributed by atoms with E-state index in [0.717, 1.165) is 32.3 Å². The van der Waals surface area contributed by atoms with Gasteiger partial charge in [0, 0.05) is 0 Å². The Morgan fingerprint density at radius 3 is 1.95 bits per heavy atom. The molecule has 0 amide bonds. The maximum Gasteiger partial charge on any atom is 0.257 e. The van der Waals surface area contributed by atoms with Crippen molar-refractivity contribution in [1.29, 1.82) is 0 Å². The molecule has 4 aromatic carbocycles. The third-order valence-electron chi connectivity index (χ3n) is 4.19. The summed E-state index contributed by atoms with van der Waals surface area (Å²) in [4.78, 5) is 0. The van der Waals surface area contributed by atoms with Crippen molar-refractivity contribution in [3.63, 3.8) is 0 Å². The normalized spacial score (nSPS) is 13.7. The van der Waals surface area contributed by atoms with E-state index in [1.54, 1.807) is 6.07 Å². The molecule has 0 radical (unpaired) electrons. The van der Waals surface area contributed by atoms with Crippen molar-refractivity contribution in [2.24, 2.45) is 5.73 Å². The second-order valence-electron chi connectivity index (χ2n) is 5.37. The standard InChI is InChI=1S/C18H13F2N/c19-18(20)17(21)14-9-7-12-5-4-10-2-1-3-11-6-8-13(14)16(12)15(10)11/h1-9,17-18H,21H2/t17-/m0/s1. The zero-order chi connectivity index (χ0) is 14.6. The summed E-state index contributed by atoms with van der Waals surface area (Å²) in [7, 11) is 0. The molecule has 3 heteroatoms. The first-order chi connectivity index (χ1) is 10.2. The summed E-state index contributed by atoms with van der Waals surface area (Å²) < 4.78 is 26.0. The van der Waals surface area contributed by atoms with E-state index in [1.807, 2.05) is 42.5 Å². The lowest BCUT2D eigenvalue weighted by atomic mass is 9.90. The molecule has 0 aliphatic carbocycles. The van der Waals surface area contributed by atoms with E-state index >= 15 is 0 Å². The van der Waals surface area contributed by atoms with E-state index in [4.69, 9.17) is 5.73 Å². The fourth-order valence-corrected chi connectivity index (χ4v) is 3.18. The summed E-state index contributed by atoms with van der Waals surface area (Å²) in [5.41, 5.74) is 6.20. The summed E-state index contributed by atoms with van der Waals surface area (Å²) >= 11 is 0. The summed E-state index contributed by atoms with van der Waals surface area (Å²) in [6.07, 6.45) is -2.57. The van der Waals surface area contributed by atoms with E-state index in [1.165, 1.54) is 0 Å². The molecule has 0 spiro atoms. The average Bonchev–Trinajstić information content (AvgIpc) is 2.51. The van der Waals surface area contributed by atoms with Crippen molar-refractivity contribution in [3.8, 4) is 0 Å². The highest BCUT2D eigenvalue weighted by Gasteiger charge is 2.21. The highest BCUT2D eigenvalue weighted by Crippen LogP contribution is 2.37. The minimum Gasteiger partial charge on any atom is -0.319 e. The van der Waals surface area contributed by atoms with Gasteiger partial charge in [0.15, 0.2) is 0 Å². The molecule has 2 N–H and O–H groups in total. The lowest BCUT2D eigenvalue weighted by molar-refractivity contribution is 0.117. The van der Waals surface area contributed by atoms with Crippen molar-refractivity contribution in [2.45, 2.75) is 12.5 Å². The van der Waals surface area contributed by atoms with Gasteiger partial charge < -0.3 is 5.73 Å². The molecule has 4 aromatic rings. The van der Waals surface area contributed by atoms with Gasteiger partial charge in [-0.15, -0.1) is 0 Å². The minimum atomic E-state index is -2.57. The van der Waals surface area contributed by atoms with Crippen LogP contribution in [0.5, 0.6) is 0 Å². The predicted octanol–water partition coefficient (Wildman–Crippen LogP) is 4.85. The molecular formula is C18H13F2N. The first-order valence-corrected chi connectivity index (χ1v) is 6.87. The maximum atomic E-state index is 13.0. The molecule has 104 valence electrons. The van der Waals surface area contributed by atoms with Gasteiger partial charge in [-0.3, -0.25) is 0 Å². The van der Waals surface area contributed by atoms with Gasteiger partial charge >= 0.3 is 0 Å². The van der Waals surface area contributed by atoms with Crippen molar-refractivity contribution in [1.82, 2.24) is 0 Å². The van der Waals surface area contributed by atoms with E-state index in [9.17, 15) is 8.78 Å². The number of halogens is 2. The number of nitrogens with two attached hydrogens (primary N) is 1.